The fourth-order valence-corrected chi connectivity index (χ4v) is 2.13. The molecule has 0 aliphatic heterocycles. The number of hydrogen-bond acceptors (Lipinski definition) is 6. The Morgan fingerprint density at radius 2 is 2.11 bits per heavy atom. The molecule has 0 aromatic carbocycles. The van der Waals surface area contributed by atoms with Crippen LogP contribution in [-0.4, -0.2) is 21.5 Å². The molecule has 2 aromatic rings. The van der Waals surface area contributed by atoms with Gasteiger partial charge in [0, 0.05) is 24.3 Å². The Kier molecular flexibility index (Phi) is 4.46. The fourth-order valence-electron chi connectivity index (χ4n) is 1.54. The molecule has 0 unspecified atom stereocenters. The van der Waals surface area contributed by atoms with Gasteiger partial charge in [-0.05, 0) is 24.8 Å². The van der Waals surface area contributed by atoms with E-state index in [2.05, 4.69) is 27.2 Å². The second-order valence-electron chi connectivity index (χ2n) is 3.98. The molecule has 0 saturated carbocycles. The highest BCUT2D eigenvalue weighted by atomic mass is 32.1. The second-order valence-corrected chi connectivity index (χ2v) is 4.87. The van der Waals surface area contributed by atoms with Crippen LogP contribution in [0.5, 0.6) is 0 Å². The average Bonchev–Trinajstić information content (AvgIpc) is 2.81. The van der Waals surface area contributed by atoms with Gasteiger partial charge in [0.05, 0.1) is 5.69 Å². The van der Waals surface area contributed by atoms with E-state index in [0.717, 1.165) is 37.1 Å². The van der Waals surface area contributed by atoms with Crippen molar-refractivity contribution in [2.24, 2.45) is 0 Å². The number of nitrogens with zero attached hydrogens (tertiary/aromatic N) is 3. The molecule has 2 heterocycles. The van der Waals surface area contributed by atoms with Crippen molar-refractivity contribution in [2.45, 2.75) is 26.2 Å². The number of hydrogen-bond donors (Lipinski definition) is 2. The molecular weight excluding hydrogens is 246 g/mol. The van der Waals surface area contributed by atoms with Gasteiger partial charge in [0.25, 0.3) is 0 Å². The number of nitrogen functional groups attached to an aromatic ring is 1. The number of anilines is 2. The summed E-state index contributed by atoms with van der Waals surface area (Å²) in [5.74, 6) is 0.685. The van der Waals surface area contributed by atoms with Crippen molar-refractivity contribution in [3.63, 3.8) is 0 Å². The summed E-state index contributed by atoms with van der Waals surface area (Å²) < 4.78 is 0. The molecule has 6 heteroatoms. The van der Waals surface area contributed by atoms with E-state index in [0.29, 0.717) is 11.1 Å². The summed E-state index contributed by atoms with van der Waals surface area (Å²) in [7, 11) is 0. The van der Waals surface area contributed by atoms with Crippen molar-refractivity contribution in [3.8, 4) is 0 Å². The van der Waals surface area contributed by atoms with E-state index in [9.17, 15) is 0 Å². The van der Waals surface area contributed by atoms with Crippen LogP contribution in [0, 0.1) is 0 Å². The van der Waals surface area contributed by atoms with E-state index < -0.39 is 0 Å². The molecule has 0 aliphatic rings. The molecule has 2 rings (SSSR count). The molecule has 0 saturated heterocycles. The Morgan fingerprint density at radius 3 is 2.72 bits per heavy atom. The Bertz CT molecular complexity index is 479. The highest BCUT2D eigenvalue weighted by Gasteiger charge is 1.99. The Hall–Kier alpha value is -1.69. The first-order chi connectivity index (χ1) is 8.78. The van der Waals surface area contributed by atoms with E-state index in [-0.39, 0.29) is 0 Å². The minimum Gasteiger partial charge on any atom is -0.375 e. The predicted molar refractivity (Wildman–Crippen MR) is 74.7 cm³/mol. The van der Waals surface area contributed by atoms with Gasteiger partial charge in [0.1, 0.15) is 0 Å². The van der Waals surface area contributed by atoms with Crippen LogP contribution in [0.1, 0.15) is 24.6 Å². The van der Waals surface area contributed by atoms with Crippen LogP contribution in [-0.2, 0) is 12.8 Å². The van der Waals surface area contributed by atoms with E-state index in [4.69, 9.17) is 5.73 Å². The SMILES string of the molecule is CCc1cnc(NCCCc2csc(N)n2)nc1. The molecule has 0 bridgehead atoms. The summed E-state index contributed by atoms with van der Waals surface area (Å²) in [6.07, 6.45) is 6.59. The van der Waals surface area contributed by atoms with E-state index >= 15 is 0 Å². The largest absolute Gasteiger partial charge is 0.375 e. The van der Waals surface area contributed by atoms with Crippen LogP contribution < -0.4 is 11.1 Å². The summed E-state index contributed by atoms with van der Waals surface area (Å²) >= 11 is 1.48. The van der Waals surface area contributed by atoms with Gasteiger partial charge >= 0.3 is 0 Å². The lowest BCUT2D eigenvalue weighted by Crippen LogP contribution is -2.06. The fraction of sp³-hybridized carbons (Fsp3) is 0.417. The van der Waals surface area contributed by atoms with Gasteiger partial charge in [-0.25, -0.2) is 15.0 Å². The normalized spacial score (nSPS) is 10.5. The zero-order valence-corrected chi connectivity index (χ0v) is 11.2. The lowest BCUT2D eigenvalue weighted by atomic mass is 10.2. The molecule has 0 amide bonds. The van der Waals surface area contributed by atoms with E-state index in [1.54, 1.807) is 0 Å². The first-order valence-corrected chi connectivity index (χ1v) is 6.90. The monoisotopic (exact) mass is 263 g/mol. The molecule has 0 aliphatic carbocycles. The molecule has 96 valence electrons. The van der Waals surface area contributed by atoms with Crippen LogP contribution in [0.2, 0.25) is 0 Å². The van der Waals surface area contributed by atoms with E-state index in [1.807, 2.05) is 17.8 Å². The summed E-state index contributed by atoms with van der Waals surface area (Å²) in [6, 6.07) is 0. The second kappa shape index (κ2) is 6.30. The zero-order chi connectivity index (χ0) is 12.8. The zero-order valence-electron chi connectivity index (χ0n) is 10.4. The van der Waals surface area contributed by atoms with Crippen LogP contribution in [0.15, 0.2) is 17.8 Å². The maximum Gasteiger partial charge on any atom is 0.222 e. The summed E-state index contributed by atoms with van der Waals surface area (Å²) in [5, 5.41) is 5.83. The van der Waals surface area contributed by atoms with Gasteiger partial charge < -0.3 is 11.1 Å². The average molecular weight is 263 g/mol. The van der Waals surface area contributed by atoms with E-state index in [1.165, 1.54) is 11.3 Å². The van der Waals surface area contributed by atoms with Crippen molar-refractivity contribution in [3.05, 3.63) is 29.0 Å². The van der Waals surface area contributed by atoms with Crippen molar-refractivity contribution >= 4 is 22.4 Å². The molecule has 0 radical (unpaired) electrons. The Balaban J connectivity index is 1.71. The maximum absolute atomic E-state index is 5.57. The van der Waals surface area contributed by atoms with Gasteiger partial charge in [-0.15, -0.1) is 11.3 Å². The molecule has 3 N–H and O–H groups in total. The molecule has 0 fully saturated rings. The molecular formula is C12H17N5S. The van der Waals surface area contributed by atoms with Crippen molar-refractivity contribution in [1.29, 1.82) is 0 Å². The Morgan fingerprint density at radius 1 is 1.33 bits per heavy atom. The lowest BCUT2D eigenvalue weighted by molar-refractivity contribution is 0.834. The minimum absolute atomic E-state index is 0.636. The first-order valence-electron chi connectivity index (χ1n) is 6.02. The number of aromatic nitrogens is 3. The quantitative estimate of drug-likeness (QED) is 0.781. The molecule has 18 heavy (non-hydrogen) atoms. The van der Waals surface area contributed by atoms with Crippen LogP contribution in [0.3, 0.4) is 0 Å². The number of nitrogens with two attached hydrogens (primary N) is 1. The predicted octanol–water partition coefficient (Wildman–Crippen LogP) is 2.12. The Labute approximate surface area is 111 Å². The lowest BCUT2D eigenvalue weighted by Gasteiger charge is -2.04. The number of thiazole rings is 1. The third kappa shape index (κ3) is 3.66. The molecule has 0 spiro atoms. The molecule has 5 nitrogen and oxygen atoms in total. The summed E-state index contributed by atoms with van der Waals surface area (Å²) in [6.45, 7) is 2.92. The third-order valence-electron chi connectivity index (χ3n) is 2.58. The third-order valence-corrected chi connectivity index (χ3v) is 3.30. The molecule has 2 aromatic heterocycles. The number of rotatable bonds is 6. The standard InChI is InChI=1S/C12H17N5S/c1-2-9-6-15-12(16-7-9)14-5-3-4-10-8-18-11(13)17-10/h6-8H,2-5H2,1H3,(H2,13,17)(H,14,15,16). The summed E-state index contributed by atoms with van der Waals surface area (Å²) in [5.41, 5.74) is 7.78. The van der Waals surface area contributed by atoms with Gasteiger partial charge in [-0.1, -0.05) is 6.92 Å². The van der Waals surface area contributed by atoms with Crippen molar-refractivity contribution < 1.29 is 0 Å². The highest BCUT2D eigenvalue weighted by Crippen LogP contribution is 2.12. The minimum atomic E-state index is 0.636. The van der Waals surface area contributed by atoms with Gasteiger partial charge in [-0.2, -0.15) is 0 Å². The number of aryl methyl sites for hydroxylation is 2. The molecule has 0 atom stereocenters. The van der Waals surface area contributed by atoms with Gasteiger partial charge in [0.2, 0.25) is 5.95 Å². The first kappa shape index (κ1) is 12.8. The van der Waals surface area contributed by atoms with Crippen LogP contribution in [0.25, 0.3) is 0 Å². The number of nitrogens with one attached hydrogen (secondary N) is 1. The van der Waals surface area contributed by atoms with Crippen LogP contribution >= 0.6 is 11.3 Å². The van der Waals surface area contributed by atoms with Crippen molar-refractivity contribution in [2.75, 3.05) is 17.6 Å². The van der Waals surface area contributed by atoms with Gasteiger partial charge in [0.15, 0.2) is 5.13 Å². The van der Waals surface area contributed by atoms with Gasteiger partial charge in [-0.3, -0.25) is 0 Å². The summed E-state index contributed by atoms with van der Waals surface area (Å²) in [4.78, 5) is 12.7. The highest BCUT2D eigenvalue weighted by molar-refractivity contribution is 7.13. The topological polar surface area (TPSA) is 76.7 Å². The smallest absolute Gasteiger partial charge is 0.222 e. The van der Waals surface area contributed by atoms with Crippen LogP contribution in [0.4, 0.5) is 11.1 Å². The maximum atomic E-state index is 5.57. The van der Waals surface area contributed by atoms with Crippen molar-refractivity contribution in [1.82, 2.24) is 15.0 Å².